The van der Waals surface area contributed by atoms with Crippen molar-refractivity contribution in [3.05, 3.63) is 0 Å². The Morgan fingerprint density at radius 3 is 2.69 bits per heavy atom. The normalized spacial score (nSPS) is 21.1. The summed E-state index contributed by atoms with van der Waals surface area (Å²) in [4.78, 5) is 11.6. The fourth-order valence-corrected chi connectivity index (χ4v) is 1.99. The fraction of sp³-hybridized carbons (Fsp3) is 0.917. The SMILES string of the molecule is CCC(O)(CC)CNC(=O)CC1CCNC1. The zero-order chi connectivity index (χ0) is 12.0. The summed E-state index contributed by atoms with van der Waals surface area (Å²) in [6.45, 7) is 6.22. The highest BCUT2D eigenvalue weighted by Crippen LogP contribution is 2.14. The molecule has 94 valence electrons. The molecule has 1 heterocycles. The van der Waals surface area contributed by atoms with Gasteiger partial charge in [0.05, 0.1) is 5.60 Å². The molecule has 1 fully saturated rings. The molecule has 0 bridgehead atoms. The van der Waals surface area contributed by atoms with E-state index in [-0.39, 0.29) is 5.91 Å². The second kappa shape index (κ2) is 6.21. The smallest absolute Gasteiger partial charge is 0.220 e. The van der Waals surface area contributed by atoms with Crippen LogP contribution >= 0.6 is 0 Å². The summed E-state index contributed by atoms with van der Waals surface area (Å²) in [5.74, 6) is 0.533. The highest BCUT2D eigenvalue weighted by Gasteiger charge is 2.24. The van der Waals surface area contributed by atoms with E-state index in [1.807, 2.05) is 13.8 Å². The summed E-state index contributed by atoms with van der Waals surface area (Å²) < 4.78 is 0. The van der Waals surface area contributed by atoms with Gasteiger partial charge in [-0.05, 0) is 38.3 Å². The molecule has 0 aromatic heterocycles. The first-order valence-electron chi connectivity index (χ1n) is 6.29. The van der Waals surface area contributed by atoms with Crippen molar-refractivity contribution in [1.82, 2.24) is 10.6 Å². The number of amides is 1. The van der Waals surface area contributed by atoms with E-state index < -0.39 is 5.60 Å². The minimum Gasteiger partial charge on any atom is -0.388 e. The Morgan fingerprint density at radius 1 is 1.50 bits per heavy atom. The van der Waals surface area contributed by atoms with Crippen molar-refractivity contribution < 1.29 is 9.90 Å². The molecule has 1 atom stereocenters. The van der Waals surface area contributed by atoms with Gasteiger partial charge in [-0.2, -0.15) is 0 Å². The first-order chi connectivity index (χ1) is 7.59. The van der Waals surface area contributed by atoms with E-state index in [0.717, 1.165) is 19.5 Å². The third-order valence-electron chi connectivity index (χ3n) is 3.57. The maximum Gasteiger partial charge on any atom is 0.220 e. The monoisotopic (exact) mass is 228 g/mol. The number of rotatable bonds is 6. The second-order valence-electron chi connectivity index (χ2n) is 4.77. The van der Waals surface area contributed by atoms with Gasteiger partial charge in [-0.15, -0.1) is 0 Å². The van der Waals surface area contributed by atoms with Crippen molar-refractivity contribution in [2.75, 3.05) is 19.6 Å². The van der Waals surface area contributed by atoms with Crippen LogP contribution in [0.1, 0.15) is 39.5 Å². The third-order valence-corrected chi connectivity index (χ3v) is 3.57. The first kappa shape index (κ1) is 13.5. The van der Waals surface area contributed by atoms with Gasteiger partial charge >= 0.3 is 0 Å². The van der Waals surface area contributed by atoms with Crippen molar-refractivity contribution in [1.29, 1.82) is 0 Å². The predicted octanol–water partition coefficient (Wildman–Crippen LogP) is 0.653. The first-order valence-corrected chi connectivity index (χ1v) is 6.29. The molecule has 1 aliphatic heterocycles. The van der Waals surface area contributed by atoms with Crippen LogP contribution in [0.5, 0.6) is 0 Å². The van der Waals surface area contributed by atoms with Gasteiger partial charge in [0.1, 0.15) is 0 Å². The fourth-order valence-electron chi connectivity index (χ4n) is 1.99. The Balaban J connectivity index is 2.23. The van der Waals surface area contributed by atoms with Gasteiger partial charge in [0.15, 0.2) is 0 Å². The molecule has 1 amide bonds. The number of carbonyl (C=O) groups is 1. The Morgan fingerprint density at radius 2 is 2.19 bits per heavy atom. The summed E-state index contributed by atoms with van der Waals surface area (Å²) >= 11 is 0. The molecule has 1 unspecified atom stereocenters. The molecular formula is C12H24N2O2. The summed E-state index contributed by atoms with van der Waals surface area (Å²) in [5.41, 5.74) is -0.733. The van der Waals surface area contributed by atoms with Crippen molar-refractivity contribution in [2.45, 2.75) is 45.1 Å². The lowest BCUT2D eigenvalue weighted by atomic mass is 9.97. The molecule has 3 N–H and O–H groups in total. The molecular weight excluding hydrogens is 204 g/mol. The summed E-state index contributed by atoms with van der Waals surface area (Å²) in [5, 5.41) is 16.1. The van der Waals surface area contributed by atoms with Gasteiger partial charge in [0.25, 0.3) is 0 Å². The average molecular weight is 228 g/mol. The quantitative estimate of drug-likeness (QED) is 0.625. The average Bonchev–Trinajstić information content (AvgIpc) is 2.79. The molecule has 0 spiro atoms. The number of aliphatic hydroxyl groups is 1. The van der Waals surface area contributed by atoms with Crippen molar-refractivity contribution in [3.8, 4) is 0 Å². The molecule has 0 aromatic carbocycles. The van der Waals surface area contributed by atoms with E-state index in [0.29, 0.717) is 31.7 Å². The molecule has 1 saturated heterocycles. The van der Waals surface area contributed by atoms with Gasteiger partial charge < -0.3 is 15.7 Å². The van der Waals surface area contributed by atoms with Crippen LogP contribution in [0.15, 0.2) is 0 Å². The lowest BCUT2D eigenvalue weighted by molar-refractivity contribution is -0.123. The minimum absolute atomic E-state index is 0.0639. The molecule has 4 heteroatoms. The Hall–Kier alpha value is -0.610. The molecule has 0 aliphatic carbocycles. The van der Waals surface area contributed by atoms with E-state index in [9.17, 15) is 9.90 Å². The maximum absolute atomic E-state index is 11.6. The Bertz CT molecular complexity index is 221. The number of hydrogen-bond acceptors (Lipinski definition) is 3. The minimum atomic E-state index is -0.733. The van der Waals surface area contributed by atoms with Gasteiger partial charge in [-0.3, -0.25) is 4.79 Å². The zero-order valence-corrected chi connectivity index (χ0v) is 10.4. The van der Waals surface area contributed by atoms with Crippen LogP contribution in [0.4, 0.5) is 0 Å². The lowest BCUT2D eigenvalue weighted by Crippen LogP contribution is -2.42. The van der Waals surface area contributed by atoms with Gasteiger partial charge in [0.2, 0.25) is 5.91 Å². The lowest BCUT2D eigenvalue weighted by Gasteiger charge is -2.25. The van der Waals surface area contributed by atoms with Crippen LogP contribution in [0.25, 0.3) is 0 Å². The Labute approximate surface area is 97.8 Å². The van der Waals surface area contributed by atoms with E-state index in [1.165, 1.54) is 0 Å². The van der Waals surface area contributed by atoms with E-state index in [1.54, 1.807) is 0 Å². The zero-order valence-electron chi connectivity index (χ0n) is 10.4. The highest BCUT2D eigenvalue weighted by atomic mass is 16.3. The Kier molecular flexibility index (Phi) is 5.22. The molecule has 16 heavy (non-hydrogen) atoms. The van der Waals surface area contributed by atoms with E-state index in [4.69, 9.17) is 0 Å². The standard InChI is InChI=1S/C12H24N2O2/c1-3-12(16,4-2)9-14-11(15)7-10-5-6-13-8-10/h10,13,16H,3-9H2,1-2H3,(H,14,15). The number of carbonyl (C=O) groups excluding carboxylic acids is 1. The topological polar surface area (TPSA) is 61.4 Å². The van der Waals surface area contributed by atoms with Crippen LogP contribution in [0, 0.1) is 5.92 Å². The summed E-state index contributed by atoms with van der Waals surface area (Å²) in [7, 11) is 0. The van der Waals surface area contributed by atoms with Gasteiger partial charge in [0, 0.05) is 13.0 Å². The van der Waals surface area contributed by atoms with Crippen LogP contribution in [0.2, 0.25) is 0 Å². The van der Waals surface area contributed by atoms with Crippen LogP contribution < -0.4 is 10.6 Å². The van der Waals surface area contributed by atoms with E-state index in [2.05, 4.69) is 10.6 Å². The van der Waals surface area contributed by atoms with Gasteiger partial charge in [-0.1, -0.05) is 13.8 Å². The molecule has 4 nitrogen and oxygen atoms in total. The number of nitrogens with one attached hydrogen (secondary N) is 2. The third kappa shape index (κ3) is 4.10. The largest absolute Gasteiger partial charge is 0.388 e. The van der Waals surface area contributed by atoms with E-state index >= 15 is 0 Å². The predicted molar refractivity (Wildman–Crippen MR) is 64.1 cm³/mol. The van der Waals surface area contributed by atoms with Gasteiger partial charge in [-0.25, -0.2) is 0 Å². The van der Waals surface area contributed by atoms with Crippen LogP contribution in [0.3, 0.4) is 0 Å². The molecule has 1 aliphatic rings. The molecule has 0 saturated carbocycles. The number of hydrogen-bond donors (Lipinski definition) is 3. The van der Waals surface area contributed by atoms with Crippen LogP contribution in [-0.2, 0) is 4.79 Å². The van der Waals surface area contributed by atoms with Crippen molar-refractivity contribution in [3.63, 3.8) is 0 Å². The van der Waals surface area contributed by atoms with Crippen molar-refractivity contribution in [2.24, 2.45) is 5.92 Å². The second-order valence-corrected chi connectivity index (χ2v) is 4.77. The molecule has 1 rings (SSSR count). The maximum atomic E-state index is 11.6. The van der Waals surface area contributed by atoms with Crippen molar-refractivity contribution >= 4 is 5.91 Å². The summed E-state index contributed by atoms with van der Waals surface area (Å²) in [6.07, 6.45) is 3.01. The summed E-state index contributed by atoms with van der Waals surface area (Å²) in [6, 6.07) is 0. The molecule has 0 radical (unpaired) electrons. The van der Waals surface area contributed by atoms with Crippen LogP contribution in [-0.4, -0.2) is 36.2 Å². The highest BCUT2D eigenvalue weighted by molar-refractivity contribution is 5.76. The molecule has 0 aromatic rings.